The van der Waals surface area contributed by atoms with Crippen molar-refractivity contribution < 1.29 is 4.79 Å². The molecule has 2 saturated carbocycles. The molecule has 0 spiro atoms. The van der Waals surface area contributed by atoms with Gasteiger partial charge in [-0.3, -0.25) is 4.79 Å². The number of likely N-dealkylation sites (N-methyl/N-ethyl adjacent to an activating group) is 1. The van der Waals surface area contributed by atoms with Crippen LogP contribution < -0.4 is 15.5 Å². The second-order valence-electron chi connectivity index (χ2n) is 11.8. The van der Waals surface area contributed by atoms with Crippen LogP contribution in [0.2, 0.25) is 5.02 Å². The number of piperazine rings is 1. The fraction of sp³-hybridized carbons (Fsp3) is 0.375. The molecule has 4 aromatic rings. The van der Waals surface area contributed by atoms with Crippen LogP contribution in [0.15, 0.2) is 55.0 Å². The first kappa shape index (κ1) is 26.7. The van der Waals surface area contributed by atoms with E-state index in [-0.39, 0.29) is 17.7 Å². The number of rotatable bonds is 8. The summed E-state index contributed by atoms with van der Waals surface area (Å²) in [7, 11) is 2.18. The minimum atomic E-state index is -0.206. The highest BCUT2D eigenvalue weighted by atomic mass is 35.5. The van der Waals surface area contributed by atoms with Crippen molar-refractivity contribution in [1.29, 1.82) is 5.26 Å². The third kappa shape index (κ3) is 5.52. The molecule has 10 heteroatoms. The predicted octanol–water partition coefficient (Wildman–Crippen LogP) is 5.24. The van der Waals surface area contributed by atoms with Crippen molar-refractivity contribution in [1.82, 2.24) is 19.3 Å². The van der Waals surface area contributed by atoms with Gasteiger partial charge in [-0.25, -0.2) is 9.97 Å². The van der Waals surface area contributed by atoms with E-state index in [0.29, 0.717) is 35.3 Å². The Morgan fingerprint density at radius 3 is 2.74 bits per heavy atom. The number of carbonyl (C=O) groups is 1. The summed E-state index contributed by atoms with van der Waals surface area (Å²) in [6.07, 6.45) is 9.27. The number of benzene rings is 1. The molecule has 0 radical (unpaired) electrons. The number of nitrogens with one attached hydrogen (secondary N) is 2. The van der Waals surface area contributed by atoms with Crippen molar-refractivity contribution in [2.45, 2.75) is 37.6 Å². The molecule has 2 N–H and O–H groups in total. The van der Waals surface area contributed by atoms with E-state index >= 15 is 0 Å². The summed E-state index contributed by atoms with van der Waals surface area (Å²) in [4.78, 5) is 27.2. The number of pyridine rings is 2. The number of anilines is 3. The molecule has 0 bridgehead atoms. The minimum absolute atomic E-state index is 0.00845. The topological polar surface area (TPSA) is 102 Å². The highest BCUT2D eigenvalue weighted by Gasteiger charge is 2.45. The van der Waals surface area contributed by atoms with E-state index in [0.717, 1.165) is 48.8 Å². The molecule has 1 saturated heterocycles. The largest absolute Gasteiger partial charge is 0.379 e. The number of amides is 1. The molecule has 9 nitrogen and oxygen atoms in total. The Kier molecular flexibility index (Phi) is 6.96. The van der Waals surface area contributed by atoms with Gasteiger partial charge in [-0.2, -0.15) is 5.26 Å². The van der Waals surface area contributed by atoms with Crippen LogP contribution in [-0.4, -0.2) is 58.4 Å². The third-order valence-corrected chi connectivity index (χ3v) is 8.88. The summed E-state index contributed by atoms with van der Waals surface area (Å²) in [6.45, 7) is 4.67. The molecule has 214 valence electrons. The molecule has 1 aromatic carbocycles. The first-order valence-electron chi connectivity index (χ1n) is 14.6. The van der Waals surface area contributed by atoms with Gasteiger partial charge in [0.15, 0.2) is 5.65 Å². The van der Waals surface area contributed by atoms with Crippen LogP contribution in [0.4, 0.5) is 17.2 Å². The maximum atomic E-state index is 13.0. The molecule has 3 fully saturated rings. The van der Waals surface area contributed by atoms with Gasteiger partial charge in [-0.1, -0.05) is 11.6 Å². The Morgan fingerprint density at radius 1 is 1.12 bits per heavy atom. The van der Waals surface area contributed by atoms with Gasteiger partial charge in [0, 0.05) is 67.5 Å². The van der Waals surface area contributed by atoms with E-state index in [1.165, 1.54) is 24.1 Å². The molecule has 2 unspecified atom stereocenters. The summed E-state index contributed by atoms with van der Waals surface area (Å²) in [5.41, 5.74) is 6.84. The fourth-order valence-electron chi connectivity index (χ4n) is 5.95. The summed E-state index contributed by atoms with van der Waals surface area (Å²) in [6, 6.07) is 13.5. The number of nitrogens with zero attached hydrogens (tertiary/aromatic N) is 6. The van der Waals surface area contributed by atoms with Gasteiger partial charge in [0.2, 0.25) is 5.91 Å². The Balaban J connectivity index is 1.03. The van der Waals surface area contributed by atoms with Gasteiger partial charge in [0.25, 0.3) is 0 Å². The van der Waals surface area contributed by atoms with E-state index in [1.54, 1.807) is 24.4 Å². The Labute approximate surface area is 250 Å². The number of imidazole rings is 1. The molecule has 42 heavy (non-hydrogen) atoms. The summed E-state index contributed by atoms with van der Waals surface area (Å²) in [5.74, 6) is 0.841. The zero-order valence-corrected chi connectivity index (χ0v) is 24.3. The second kappa shape index (κ2) is 10.9. The SMILES string of the molecule is CN1CCN(c2cc(C3CC3)cn3cc(CNc4ccnc(NC(=O)C5CC5c5cc(Cl)ccc5C#N)c4)nc23)CC1. The van der Waals surface area contributed by atoms with E-state index < -0.39 is 0 Å². The molecule has 1 aliphatic heterocycles. The average molecular weight is 581 g/mol. The molecule has 3 aromatic heterocycles. The molecular weight excluding hydrogens is 548 g/mol. The fourth-order valence-corrected chi connectivity index (χ4v) is 6.13. The third-order valence-electron chi connectivity index (χ3n) is 8.64. The lowest BCUT2D eigenvalue weighted by Crippen LogP contribution is -2.44. The van der Waals surface area contributed by atoms with Gasteiger partial charge < -0.3 is 24.8 Å². The number of fused-ring (bicyclic) bond motifs is 1. The van der Waals surface area contributed by atoms with Crippen LogP contribution in [0.5, 0.6) is 0 Å². The van der Waals surface area contributed by atoms with Crippen LogP contribution in [0, 0.1) is 17.2 Å². The highest BCUT2D eigenvalue weighted by molar-refractivity contribution is 6.30. The first-order chi connectivity index (χ1) is 20.4. The number of carbonyl (C=O) groups excluding carboxylic acids is 1. The number of aromatic nitrogens is 3. The number of hydrogen-bond acceptors (Lipinski definition) is 7. The molecule has 3 aliphatic rings. The quantitative estimate of drug-likeness (QED) is 0.294. The molecule has 2 aliphatic carbocycles. The molecule has 2 atom stereocenters. The van der Waals surface area contributed by atoms with Crippen LogP contribution >= 0.6 is 11.6 Å². The van der Waals surface area contributed by atoms with Crippen LogP contribution in [0.25, 0.3) is 5.65 Å². The lowest BCUT2D eigenvalue weighted by atomic mass is 10.0. The lowest BCUT2D eigenvalue weighted by molar-refractivity contribution is -0.117. The van der Waals surface area contributed by atoms with Gasteiger partial charge >= 0.3 is 0 Å². The molecular formula is C32H33ClN8O. The molecule has 7 rings (SSSR count). The monoisotopic (exact) mass is 580 g/mol. The lowest BCUT2D eigenvalue weighted by Gasteiger charge is -2.34. The zero-order valence-electron chi connectivity index (χ0n) is 23.6. The van der Waals surface area contributed by atoms with Crippen molar-refractivity contribution >= 4 is 40.3 Å². The van der Waals surface area contributed by atoms with Crippen molar-refractivity contribution in [3.05, 3.63) is 82.4 Å². The van der Waals surface area contributed by atoms with Gasteiger partial charge in [0.1, 0.15) is 5.82 Å². The Bertz CT molecular complexity index is 1700. The second-order valence-corrected chi connectivity index (χ2v) is 12.2. The highest BCUT2D eigenvalue weighted by Crippen LogP contribution is 2.49. The van der Waals surface area contributed by atoms with Gasteiger partial charge in [-0.05, 0) is 79.6 Å². The van der Waals surface area contributed by atoms with Crippen molar-refractivity contribution in [3.63, 3.8) is 0 Å². The standard InChI is InChI=1S/C32H33ClN8O/c1-39-8-10-40(11-9-39)29-12-22(20-2-3-20)18-41-19-25(37-31(29)41)17-36-24-6-7-35-30(14-24)38-32(42)28-15-27(28)26-13-23(33)5-4-21(26)16-34/h4-7,12-14,18-20,27-28H,2-3,8-11,15,17H2,1H3,(H2,35,36,38,42). The summed E-state index contributed by atoms with van der Waals surface area (Å²) in [5, 5.41) is 16.4. The van der Waals surface area contributed by atoms with Crippen molar-refractivity contribution in [2.75, 3.05) is 48.8 Å². The predicted molar refractivity (Wildman–Crippen MR) is 164 cm³/mol. The van der Waals surface area contributed by atoms with Crippen LogP contribution in [-0.2, 0) is 11.3 Å². The minimum Gasteiger partial charge on any atom is -0.379 e. The smallest absolute Gasteiger partial charge is 0.229 e. The van der Waals surface area contributed by atoms with Crippen LogP contribution in [0.1, 0.15) is 53.5 Å². The van der Waals surface area contributed by atoms with Crippen molar-refractivity contribution in [3.8, 4) is 6.07 Å². The molecule has 1 amide bonds. The zero-order chi connectivity index (χ0) is 28.8. The van der Waals surface area contributed by atoms with Crippen LogP contribution in [0.3, 0.4) is 0 Å². The summed E-state index contributed by atoms with van der Waals surface area (Å²) < 4.78 is 2.19. The Morgan fingerprint density at radius 2 is 1.95 bits per heavy atom. The summed E-state index contributed by atoms with van der Waals surface area (Å²) >= 11 is 6.15. The van der Waals surface area contributed by atoms with E-state index in [4.69, 9.17) is 16.6 Å². The van der Waals surface area contributed by atoms with E-state index in [2.05, 4.69) is 61.4 Å². The Hall–Kier alpha value is -4.13. The first-order valence-corrected chi connectivity index (χ1v) is 15.0. The average Bonchev–Trinajstić information content (AvgIpc) is 3.93. The number of halogens is 1. The van der Waals surface area contributed by atoms with E-state index in [9.17, 15) is 10.1 Å². The molecule has 4 heterocycles. The van der Waals surface area contributed by atoms with Gasteiger partial charge in [0.05, 0.1) is 29.6 Å². The number of hydrogen-bond donors (Lipinski definition) is 2. The normalized spacial score (nSPS) is 20.4. The van der Waals surface area contributed by atoms with E-state index in [1.807, 2.05) is 12.1 Å². The maximum absolute atomic E-state index is 13.0. The number of nitriles is 1. The van der Waals surface area contributed by atoms with Gasteiger partial charge in [-0.15, -0.1) is 0 Å². The maximum Gasteiger partial charge on any atom is 0.229 e. The van der Waals surface area contributed by atoms with Crippen molar-refractivity contribution in [2.24, 2.45) is 5.92 Å².